The number of amides is 1. The van der Waals surface area contributed by atoms with Gasteiger partial charge in [0.1, 0.15) is 19.0 Å². The van der Waals surface area contributed by atoms with Crippen LogP contribution in [0.2, 0.25) is 0 Å². The molecule has 0 N–H and O–H groups in total. The lowest BCUT2D eigenvalue weighted by Gasteiger charge is -2.23. The van der Waals surface area contributed by atoms with Gasteiger partial charge < -0.3 is 18.8 Å². The van der Waals surface area contributed by atoms with Crippen molar-refractivity contribution in [2.24, 2.45) is 0 Å². The molecule has 0 aliphatic carbocycles. The van der Waals surface area contributed by atoms with Gasteiger partial charge in [-0.25, -0.2) is 0 Å². The van der Waals surface area contributed by atoms with E-state index < -0.39 is 0 Å². The van der Waals surface area contributed by atoms with Gasteiger partial charge in [-0.15, -0.1) is 0 Å². The fraction of sp³-hybridized carbons (Fsp3) is 0.227. The zero-order valence-corrected chi connectivity index (χ0v) is 15.0. The molecule has 3 aromatic rings. The Morgan fingerprint density at radius 2 is 1.74 bits per heavy atom. The van der Waals surface area contributed by atoms with E-state index in [9.17, 15) is 4.79 Å². The van der Waals surface area contributed by atoms with Gasteiger partial charge in [-0.05, 0) is 42.3 Å². The zero-order chi connectivity index (χ0) is 18.5. The van der Waals surface area contributed by atoms with Crippen molar-refractivity contribution in [3.8, 4) is 11.5 Å². The number of furan rings is 1. The van der Waals surface area contributed by atoms with Gasteiger partial charge in [-0.3, -0.25) is 4.79 Å². The summed E-state index contributed by atoms with van der Waals surface area (Å²) >= 11 is 0. The second-order valence-electron chi connectivity index (χ2n) is 6.40. The molecule has 0 saturated heterocycles. The van der Waals surface area contributed by atoms with Crippen molar-refractivity contribution in [3.63, 3.8) is 0 Å². The first-order valence-corrected chi connectivity index (χ1v) is 9.05. The Morgan fingerprint density at radius 3 is 2.52 bits per heavy atom. The summed E-state index contributed by atoms with van der Waals surface area (Å²) in [4.78, 5) is 15.0. The second-order valence-corrected chi connectivity index (χ2v) is 6.40. The SMILES string of the molecule is O=C(c1ccc2c(c1)OCCO2)N(CCc1ccccc1)Cc1ccco1. The summed E-state index contributed by atoms with van der Waals surface area (Å²) in [7, 11) is 0. The molecule has 1 aliphatic rings. The topological polar surface area (TPSA) is 51.9 Å². The van der Waals surface area contributed by atoms with Crippen molar-refractivity contribution in [1.82, 2.24) is 4.90 Å². The first-order chi connectivity index (χ1) is 13.3. The van der Waals surface area contributed by atoms with Gasteiger partial charge >= 0.3 is 0 Å². The van der Waals surface area contributed by atoms with Crippen LogP contribution in [0.4, 0.5) is 0 Å². The van der Waals surface area contributed by atoms with Crippen molar-refractivity contribution in [3.05, 3.63) is 83.8 Å². The molecule has 5 nitrogen and oxygen atoms in total. The van der Waals surface area contributed by atoms with E-state index >= 15 is 0 Å². The molecule has 0 unspecified atom stereocenters. The van der Waals surface area contributed by atoms with Gasteiger partial charge in [0.2, 0.25) is 0 Å². The van der Waals surface area contributed by atoms with Crippen molar-refractivity contribution in [1.29, 1.82) is 0 Å². The third-order valence-electron chi connectivity index (χ3n) is 4.52. The molecule has 0 spiro atoms. The Morgan fingerprint density at radius 1 is 0.926 bits per heavy atom. The number of ether oxygens (including phenoxy) is 2. The minimum absolute atomic E-state index is 0.0562. The van der Waals surface area contributed by atoms with Crippen molar-refractivity contribution < 1.29 is 18.7 Å². The van der Waals surface area contributed by atoms with Gasteiger partial charge in [-0.1, -0.05) is 30.3 Å². The summed E-state index contributed by atoms with van der Waals surface area (Å²) in [5.41, 5.74) is 1.77. The van der Waals surface area contributed by atoms with E-state index in [1.165, 1.54) is 5.56 Å². The fourth-order valence-electron chi connectivity index (χ4n) is 3.11. The molecule has 1 aromatic heterocycles. The third kappa shape index (κ3) is 4.14. The quantitative estimate of drug-likeness (QED) is 0.666. The van der Waals surface area contributed by atoms with E-state index in [4.69, 9.17) is 13.9 Å². The maximum Gasteiger partial charge on any atom is 0.254 e. The summed E-state index contributed by atoms with van der Waals surface area (Å²) in [5.74, 6) is 2.00. The number of carbonyl (C=O) groups is 1. The molecule has 1 aliphatic heterocycles. The summed E-state index contributed by atoms with van der Waals surface area (Å²) in [5, 5.41) is 0. The average molecular weight is 363 g/mol. The molecular formula is C22H21NO4. The molecule has 138 valence electrons. The van der Waals surface area contributed by atoms with Crippen LogP contribution in [0.1, 0.15) is 21.7 Å². The molecule has 5 heteroatoms. The molecule has 0 saturated carbocycles. The van der Waals surface area contributed by atoms with Crippen LogP contribution in [0.5, 0.6) is 11.5 Å². The molecule has 4 rings (SSSR count). The summed E-state index contributed by atoms with van der Waals surface area (Å²) < 4.78 is 16.6. The molecule has 2 aromatic carbocycles. The van der Waals surface area contributed by atoms with Crippen LogP contribution < -0.4 is 9.47 Å². The largest absolute Gasteiger partial charge is 0.486 e. The second kappa shape index (κ2) is 7.99. The van der Waals surface area contributed by atoms with Crippen LogP contribution in [0.15, 0.2) is 71.3 Å². The highest BCUT2D eigenvalue weighted by Gasteiger charge is 2.20. The first kappa shape index (κ1) is 17.2. The number of nitrogens with zero attached hydrogens (tertiary/aromatic N) is 1. The molecule has 0 atom stereocenters. The third-order valence-corrected chi connectivity index (χ3v) is 4.52. The minimum Gasteiger partial charge on any atom is -0.486 e. The maximum atomic E-state index is 13.2. The monoisotopic (exact) mass is 363 g/mol. The van der Waals surface area contributed by atoms with Crippen LogP contribution in [0.3, 0.4) is 0 Å². The average Bonchev–Trinajstić information content (AvgIpc) is 3.24. The summed E-state index contributed by atoms with van der Waals surface area (Å²) in [6, 6.07) is 19.2. The lowest BCUT2D eigenvalue weighted by Crippen LogP contribution is -2.32. The number of carbonyl (C=O) groups excluding carboxylic acids is 1. The van der Waals surface area contributed by atoms with E-state index in [-0.39, 0.29) is 5.91 Å². The number of hydrogen-bond acceptors (Lipinski definition) is 4. The van der Waals surface area contributed by atoms with Crippen molar-refractivity contribution in [2.75, 3.05) is 19.8 Å². The summed E-state index contributed by atoms with van der Waals surface area (Å²) in [6.07, 6.45) is 2.40. The van der Waals surface area contributed by atoms with E-state index in [1.807, 2.05) is 30.3 Å². The maximum absolute atomic E-state index is 13.2. The van der Waals surface area contributed by atoms with Gasteiger partial charge in [0, 0.05) is 12.1 Å². The number of hydrogen-bond donors (Lipinski definition) is 0. The first-order valence-electron chi connectivity index (χ1n) is 9.05. The van der Waals surface area contributed by atoms with Gasteiger partial charge in [0.15, 0.2) is 11.5 Å². The molecule has 2 heterocycles. The van der Waals surface area contributed by atoms with Gasteiger partial charge in [0.25, 0.3) is 5.91 Å². The number of benzene rings is 2. The molecule has 0 radical (unpaired) electrons. The Labute approximate surface area is 158 Å². The highest BCUT2D eigenvalue weighted by Crippen LogP contribution is 2.31. The standard InChI is InChI=1S/C22H21NO4/c24-22(18-8-9-20-21(15-18)27-14-13-26-20)23(16-19-7-4-12-25-19)11-10-17-5-2-1-3-6-17/h1-9,12,15H,10-11,13-14,16H2. The van der Waals surface area contributed by atoms with Crippen LogP contribution in [0.25, 0.3) is 0 Å². The highest BCUT2D eigenvalue weighted by molar-refractivity contribution is 5.95. The van der Waals surface area contributed by atoms with E-state index in [1.54, 1.807) is 29.4 Å². The van der Waals surface area contributed by atoms with Crippen molar-refractivity contribution in [2.45, 2.75) is 13.0 Å². The van der Waals surface area contributed by atoms with Crippen LogP contribution >= 0.6 is 0 Å². The highest BCUT2D eigenvalue weighted by atomic mass is 16.6. The predicted molar refractivity (Wildman–Crippen MR) is 101 cm³/mol. The lowest BCUT2D eigenvalue weighted by atomic mass is 10.1. The smallest absolute Gasteiger partial charge is 0.254 e. The molecule has 0 bridgehead atoms. The molecule has 0 fully saturated rings. The number of rotatable bonds is 6. The Balaban J connectivity index is 1.54. The fourth-order valence-corrected chi connectivity index (χ4v) is 3.11. The Hall–Kier alpha value is -3.21. The molecule has 1 amide bonds. The lowest BCUT2D eigenvalue weighted by molar-refractivity contribution is 0.0732. The van der Waals surface area contributed by atoms with E-state index in [0.717, 1.165) is 12.2 Å². The summed E-state index contributed by atoms with van der Waals surface area (Å²) in [6.45, 7) is 2.04. The minimum atomic E-state index is -0.0562. The van der Waals surface area contributed by atoms with Gasteiger partial charge in [-0.2, -0.15) is 0 Å². The predicted octanol–water partition coefficient (Wildman–Crippen LogP) is 3.94. The van der Waals surface area contributed by atoms with Crippen LogP contribution in [-0.2, 0) is 13.0 Å². The van der Waals surface area contributed by atoms with Crippen LogP contribution in [0, 0.1) is 0 Å². The zero-order valence-electron chi connectivity index (χ0n) is 15.0. The molecular weight excluding hydrogens is 342 g/mol. The van der Waals surface area contributed by atoms with Crippen LogP contribution in [-0.4, -0.2) is 30.6 Å². The number of fused-ring (bicyclic) bond motifs is 1. The van der Waals surface area contributed by atoms with Crippen molar-refractivity contribution >= 4 is 5.91 Å². The van der Waals surface area contributed by atoms with E-state index in [0.29, 0.717) is 43.4 Å². The van der Waals surface area contributed by atoms with E-state index in [2.05, 4.69) is 12.1 Å². The van der Waals surface area contributed by atoms with Gasteiger partial charge in [0.05, 0.1) is 12.8 Å². The Bertz CT molecular complexity index is 890. The normalized spacial score (nSPS) is 12.6. The molecule has 27 heavy (non-hydrogen) atoms. The Kier molecular flexibility index (Phi) is 5.10.